The molecule has 7 nitrogen and oxygen atoms in total. The average Bonchev–Trinajstić information content (AvgIpc) is 2.89. The van der Waals surface area contributed by atoms with Crippen molar-refractivity contribution in [1.29, 1.82) is 0 Å². The number of benzene rings is 1. The van der Waals surface area contributed by atoms with E-state index in [1.54, 1.807) is 4.57 Å². The first-order valence-corrected chi connectivity index (χ1v) is 7.24. The Kier molecular flexibility index (Phi) is 5.21. The van der Waals surface area contributed by atoms with Gasteiger partial charge in [0, 0.05) is 6.54 Å². The molecule has 8 heteroatoms. The molecule has 0 fully saturated rings. The van der Waals surface area contributed by atoms with Crippen LogP contribution in [0.15, 0.2) is 54.2 Å². The van der Waals surface area contributed by atoms with Crippen LogP contribution in [0.1, 0.15) is 5.56 Å². The number of nitrogens with one attached hydrogen (secondary N) is 1. The fourth-order valence-electron chi connectivity index (χ4n) is 1.72. The van der Waals surface area contributed by atoms with Crippen LogP contribution in [0.2, 0.25) is 0 Å². The van der Waals surface area contributed by atoms with Crippen molar-refractivity contribution in [2.24, 2.45) is 4.99 Å². The largest absolute Gasteiger partial charge is 0.343 e. The van der Waals surface area contributed by atoms with Crippen LogP contribution < -0.4 is 10.1 Å². The molecular weight excluding hydrogens is 304 g/mol. The summed E-state index contributed by atoms with van der Waals surface area (Å²) < 4.78 is 1.59. The third kappa shape index (κ3) is 4.13. The van der Waals surface area contributed by atoms with Gasteiger partial charge >= 0.3 is 11.0 Å². The smallest absolute Gasteiger partial charge is 0.333 e. The Morgan fingerprint density at radius 1 is 1.45 bits per heavy atom. The summed E-state index contributed by atoms with van der Waals surface area (Å²) in [6, 6.07) is 8.89. The number of rotatable bonds is 5. The van der Waals surface area contributed by atoms with Gasteiger partial charge in [-0.2, -0.15) is 4.99 Å². The molecule has 22 heavy (non-hydrogen) atoms. The monoisotopic (exact) mass is 318 g/mol. The van der Waals surface area contributed by atoms with Crippen LogP contribution in [-0.4, -0.2) is 22.1 Å². The standard InChI is InChI=1S/C14H14N4O3S/c1-2-8-15-13(19)16-14-17(10-12(22-14)18(20)21)9-11-6-4-3-5-7-11/h2-7,10H,1,8-9H2,(H,15,19)/b16-14-. The molecule has 1 heterocycles. The number of nitro groups is 1. The third-order valence-corrected chi connectivity index (χ3v) is 3.65. The van der Waals surface area contributed by atoms with Gasteiger partial charge in [-0.05, 0) is 16.9 Å². The van der Waals surface area contributed by atoms with Crippen molar-refractivity contribution in [2.75, 3.05) is 6.54 Å². The molecule has 2 aromatic rings. The molecule has 0 bridgehead atoms. The van der Waals surface area contributed by atoms with Crippen LogP contribution in [0.4, 0.5) is 9.80 Å². The maximum atomic E-state index is 11.7. The molecule has 0 radical (unpaired) electrons. The normalized spacial score (nSPS) is 11.2. The number of hydrogen-bond acceptors (Lipinski definition) is 4. The highest BCUT2D eigenvalue weighted by Gasteiger charge is 2.13. The molecule has 0 saturated heterocycles. The van der Waals surface area contributed by atoms with Crippen molar-refractivity contribution in [3.8, 4) is 0 Å². The predicted octanol–water partition coefficient (Wildman–Crippen LogP) is 2.30. The first kappa shape index (κ1) is 15.6. The summed E-state index contributed by atoms with van der Waals surface area (Å²) in [5.74, 6) is 0. The van der Waals surface area contributed by atoms with Gasteiger partial charge in [-0.15, -0.1) is 6.58 Å². The Morgan fingerprint density at radius 2 is 2.18 bits per heavy atom. The first-order chi connectivity index (χ1) is 10.6. The summed E-state index contributed by atoms with van der Waals surface area (Å²) >= 11 is 0.859. The van der Waals surface area contributed by atoms with E-state index in [1.807, 2.05) is 30.3 Å². The Labute approximate surface area is 130 Å². The number of urea groups is 1. The highest BCUT2D eigenvalue weighted by Crippen LogP contribution is 2.15. The van der Waals surface area contributed by atoms with Gasteiger partial charge in [0.1, 0.15) is 0 Å². The number of thiazole rings is 1. The molecule has 1 N–H and O–H groups in total. The molecule has 2 amide bonds. The van der Waals surface area contributed by atoms with Crippen molar-refractivity contribution in [3.05, 3.63) is 69.7 Å². The molecule has 0 unspecified atom stereocenters. The van der Waals surface area contributed by atoms with E-state index in [9.17, 15) is 14.9 Å². The van der Waals surface area contributed by atoms with E-state index in [0.29, 0.717) is 6.54 Å². The predicted molar refractivity (Wildman–Crippen MR) is 83.7 cm³/mol. The van der Waals surface area contributed by atoms with E-state index < -0.39 is 11.0 Å². The van der Waals surface area contributed by atoms with Crippen molar-refractivity contribution < 1.29 is 9.72 Å². The maximum absolute atomic E-state index is 11.7. The zero-order chi connectivity index (χ0) is 15.9. The molecular formula is C14H14N4O3S. The Hall–Kier alpha value is -2.74. The molecule has 0 spiro atoms. The lowest BCUT2D eigenvalue weighted by Gasteiger charge is -2.02. The maximum Gasteiger partial charge on any atom is 0.343 e. The second-order valence-electron chi connectivity index (χ2n) is 4.31. The molecule has 1 aromatic heterocycles. The number of hydrogen-bond donors (Lipinski definition) is 1. The number of amides is 2. The molecule has 2 rings (SSSR count). The molecule has 1 aromatic carbocycles. The minimum Gasteiger partial charge on any atom is -0.333 e. The lowest BCUT2D eigenvalue weighted by atomic mass is 10.2. The summed E-state index contributed by atoms with van der Waals surface area (Å²) in [7, 11) is 0. The van der Waals surface area contributed by atoms with E-state index in [0.717, 1.165) is 16.9 Å². The number of aromatic nitrogens is 1. The number of carbonyl (C=O) groups excluding carboxylic acids is 1. The lowest BCUT2D eigenvalue weighted by Crippen LogP contribution is -2.24. The Bertz CT molecular complexity index is 749. The van der Waals surface area contributed by atoms with Crippen LogP contribution >= 0.6 is 11.3 Å². The molecule has 0 aliphatic heterocycles. The number of nitrogens with zero attached hydrogens (tertiary/aromatic N) is 3. The zero-order valence-electron chi connectivity index (χ0n) is 11.6. The number of carbonyl (C=O) groups is 1. The minimum atomic E-state index is -0.557. The van der Waals surface area contributed by atoms with Gasteiger partial charge in [0.2, 0.25) is 4.80 Å². The van der Waals surface area contributed by atoms with Crippen molar-refractivity contribution >= 4 is 22.4 Å². The summed E-state index contributed by atoms with van der Waals surface area (Å²) in [6.45, 7) is 4.18. The van der Waals surface area contributed by atoms with Crippen LogP contribution in [-0.2, 0) is 6.54 Å². The molecule has 0 aliphatic rings. The fraction of sp³-hybridized carbons (Fsp3) is 0.143. The van der Waals surface area contributed by atoms with Crippen LogP contribution in [0, 0.1) is 10.1 Å². The van der Waals surface area contributed by atoms with Crippen molar-refractivity contribution in [2.45, 2.75) is 6.54 Å². The van der Waals surface area contributed by atoms with Crippen LogP contribution in [0.5, 0.6) is 0 Å². The van der Waals surface area contributed by atoms with Crippen molar-refractivity contribution in [1.82, 2.24) is 9.88 Å². The fourth-order valence-corrected chi connectivity index (χ4v) is 2.52. The Morgan fingerprint density at radius 3 is 2.82 bits per heavy atom. The van der Waals surface area contributed by atoms with E-state index in [-0.39, 0.29) is 16.3 Å². The molecule has 114 valence electrons. The minimum absolute atomic E-state index is 0.0637. The van der Waals surface area contributed by atoms with E-state index in [2.05, 4.69) is 16.9 Å². The highest BCUT2D eigenvalue weighted by atomic mass is 32.1. The molecule has 0 aliphatic carbocycles. The van der Waals surface area contributed by atoms with Gasteiger partial charge < -0.3 is 9.88 Å². The van der Waals surface area contributed by atoms with Gasteiger partial charge in [-0.3, -0.25) is 10.1 Å². The average molecular weight is 318 g/mol. The summed E-state index contributed by atoms with van der Waals surface area (Å²) in [4.78, 5) is 26.2. The van der Waals surface area contributed by atoms with E-state index in [4.69, 9.17) is 0 Å². The van der Waals surface area contributed by atoms with Crippen LogP contribution in [0.25, 0.3) is 0 Å². The van der Waals surface area contributed by atoms with Crippen LogP contribution in [0.3, 0.4) is 0 Å². The summed E-state index contributed by atoms with van der Waals surface area (Å²) in [5.41, 5.74) is 0.961. The zero-order valence-corrected chi connectivity index (χ0v) is 12.5. The van der Waals surface area contributed by atoms with Gasteiger partial charge in [-0.1, -0.05) is 36.4 Å². The second kappa shape index (κ2) is 7.32. The van der Waals surface area contributed by atoms with E-state index >= 15 is 0 Å². The molecule has 0 atom stereocenters. The van der Waals surface area contributed by atoms with Gasteiger partial charge in [0.05, 0.1) is 17.7 Å². The van der Waals surface area contributed by atoms with E-state index in [1.165, 1.54) is 12.3 Å². The summed E-state index contributed by atoms with van der Waals surface area (Å²) in [5, 5.41) is 13.4. The third-order valence-electron chi connectivity index (χ3n) is 2.68. The van der Waals surface area contributed by atoms with Crippen molar-refractivity contribution in [3.63, 3.8) is 0 Å². The Balaban J connectivity index is 2.34. The SMILES string of the molecule is C=CCNC(=O)/N=c1\sc([N+](=O)[O-])cn1Cc1ccccc1. The lowest BCUT2D eigenvalue weighted by molar-refractivity contribution is -0.380. The van der Waals surface area contributed by atoms with Gasteiger partial charge in [0.15, 0.2) is 0 Å². The van der Waals surface area contributed by atoms with Gasteiger partial charge in [0.25, 0.3) is 0 Å². The first-order valence-electron chi connectivity index (χ1n) is 6.42. The second-order valence-corrected chi connectivity index (χ2v) is 5.30. The highest BCUT2D eigenvalue weighted by molar-refractivity contribution is 7.12. The molecule has 0 saturated carbocycles. The van der Waals surface area contributed by atoms with Gasteiger partial charge in [-0.25, -0.2) is 4.79 Å². The quantitative estimate of drug-likeness (QED) is 0.521. The summed E-state index contributed by atoms with van der Waals surface area (Å²) in [6.07, 6.45) is 2.92. The topological polar surface area (TPSA) is 89.5 Å².